The summed E-state index contributed by atoms with van der Waals surface area (Å²) in [5, 5.41) is 0. The van der Waals surface area contributed by atoms with Gasteiger partial charge in [-0.2, -0.15) is 13.2 Å². The third-order valence-electron chi connectivity index (χ3n) is 4.01. The van der Waals surface area contributed by atoms with E-state index in [1.54, 1.807) is 0 Å². The average Bonchev–Trinajstić information content (AvgIpc) is 3.08. The van der Waals surface area contributed by atoms with Gasteiger partial charge in [0.25, 0.3) is 0 Å². The van der Waals surface area contributed by atoms with E-state index in [-0.39, 0.29) is 33.6 Å². The van der Waals surface area contributed by atoms with Crippen LogP contribution in [-0.2, 0) is 16.0 Å². The summed E-state index contributed by atoms with van der Waals surface area (Å²) in [6.07, 6.45) is -0.884. The van der Waals surface area contributed by atoms with Gasteiger partial charge in [-0.15, -0.1) is 0 Å². The Hall–Kier alpha value is -2.69. The summed E-state index contributed by atoms with van der Waals surface area (Å²) in [5.41, 5.74) is -0.951. The van der Waals surface area contributed by atoms with Crippen LogP contribution < -0.4 is 4.74 Å². The lowest BCUT2D eigenvalue weighted by atomic mass is 10.2. The van der Waals surface area contributed by atoms with Crippen LogP contribution in [0.2, 0.25) is 0 Å². The molecule has 156 valence electrons. The molecule has 3 rings (SSSR count). The lowest BCUT2D eigenvalue weighted by Gasteiger charge is -2.12. The van der Waals surface area contributed by atoms with Crippen LogP contribution in [0.5, 0.6) is 5.75 Å². The van der Waals surface area contributed by atoms with Gasteiger partial charge in [-0.05, 0) is 5.92 Å². The molecule has 29 heavy (non-hydrogen) atoms. The Morgan fingerprint density at radius 3 is 2.55 bits per heavy atom. The van der Waals surface area contributed by atoms with Gasteiger partial charge in [0, 0.05) is 18.3 Å². The first-order valence-electron chi connectivity index (χ1n) is 8.79. The third-order valence-corrected chi connectivity index (χ3v) is 5.75. The van der Waals surface area contributed by atoms with Crippen molar-refractivity contribution in [3.63, 3.8) is 0 Å². The molecular formula is C18H19F3N4O3S. The molecular weight excluding hydrogens is 409 g/mol. The van der Waals surface area contributed by atoms with Crippen molar-refractivity contribution >= 4 is 15.5 Å². The summed E-state index contributed by atoms with van der Waals surface area (Å²) in [6, 6.07) is 2.16. The lowest BCUT2D eigenvalue weighted by molar-refractivity contribution is -0.141. The number of pyridine rings is 1. The van der Waals surface area contributed by atoms with E-state index >= 15 is 0 Å². The Balaban J connectivity index is 2.11. The van der Waals surface area contributed by atoms with Crippen LogP contribution in [0.15, 0.2) is 35.7 Å². The molecule has 3 aromatic rings. The zero-order chi connectivity index (χ0) is 21.4. The molecule has 3 aromatic heterocycles. The maximum Gasteiger partial charge on any atom is 0.433 e. The highest BCUT2D eigenvalue weighted by molar-refractivity contribution is 7.91. The van der Waals surface area contributed by atoms with Crippen LogP contribution in [0.3, 0.4) is 0 Å². The number of aromatic nitrogens is 4. The smallest absolute Gasteiger partial charge is 0.433 e. The molecule has 0 aliphatic heterocycles. The minimum absolute atomic E-state index is 0.0240. The highest BCUT2D eigenvalue weighted by Crippen LogP contribution is 2.31. The third kappa shape index (κ3) is 4.50. The Kier molecular flexibility index (Phi) is 5.52. The first-order chi connectivity index (χ1) is 13.5. The molecule has 0 bridgehead atoms. The summed E-state index contributed by atoms with van der Waals surface area (Å²) in [7, 11) is -3.69. The number of sulfone groups is 1. The fourth-order valence-electron chi connectivity index (χ4n) is 2.51. The minimum Gasteiger partial charge on any atom is -0.492 e. The first-order valence-corrected chi connectivity index (χ1v) is 10.4. The number of imidazole rings is 1. The molecule has 0 aliphatic rings. The van der Waals surface area contributed by atoms with Crippen LogP contribution in [0.4, 0.5) is 13.2 Å². The van der Waals surface area contributed by atoms with Gasteiger partial charge >= 0.3 is 6.18 Å². The highest BCUT2D eigenvalue weighted by Gasteiger charge is 2.33. The first kappa shape index (κ1) is 21.0. The Bertz CT molecular complexity index is 1140. The van der Waals surface area contributed by atoms with E-state index in [1.165, 1.54) is 29.8 Å². The molecule has 0 N–H and O–H groups in total. The predicted molar refractivity (Wildman–Crippen MR) is 99.3 cm³/mol. The van der Waals surface area contributed by atoms with Crippen molar-refractivity contribution in [3.05, 3.63) is 36.5 Å². The topological polar surface area (TPSA) is 86.5 Å². The maximum absolute atomic E-state index is 12.9. The SMILES string of the molecule is CCS(=O)(=O)c1cc(OCC(C)C)cnc1-c1cn2cnc(C(F)(F)F)cc2n1. The van der Waals surface area contributed by atoms with Gasteiger partial charge in [0.2, 0.25) is 0 Å². The fraction of sp³-hybridized carbons (Fsp3) is 0.389. The number of hydrogen-bond acceptors (Lipinski definition) is 6. The molecule has 11 heteroatoms. The van der Waals surface area contributed by atoms with Crippen molar-refractivity contribution in [3.8, 4) is 17.1 Å². The average molecular weight is 428 g/mol. The normalized spacial score (nSPS) is 12.7. The number of alkyl halides is 3. The molecule has 7 nitrogen and oxygen atoms in total. The molecule has 0 spiro atoms. The monoisotopic (exact) mass is 428 g/mol. The Labute approximate surface area is 165 Å². The van der Waals surface area contributed by atoms with E-state index in [0.29, 0.717) is 12.4 Å². The van der Waals surface area contributed by atoms with E-state index < -0.39 is 21.7 Å². The van der Waals surface area contributed by atoms with E-state index in [1.807, 2.05) is 13.8 Å². The van der Waals surface area contributed by atoms with Gasteiger partial charge in [-0.25, -0.2) is 23.4 Å². The highest BCUT2D eigenvalue weighted by atomic mass is 32.2. The summed E-state index contributed by atoms with van der Waals surface area (Å²) < 4.78 is 70.7. The second-order valence-electron chi connectivity index (χ2n) is 6.79. The number of ether oxygens (including phenoxy) is 1. The van der Waals surface area contributed by atoms with Crippen LogP contribution in [0, 0.1) is 5.92 Å². The Morgan fingerprint density at radius 1 is 1.21 bits per heavy atom. The zero-order valence-electron chi connectivity index (χ0n) is 15.9. The molecule has 0 aromatic carbocycles. The van der Waals surface area contributed by atoms with Crippen LogP contribution >= 0.6 is 0 Å². The van der Waals surface area contributed by atoms with Gasteiger partial charge in [0.1, 0.15) is 34.8 Å². The number of fused-ring (bicyclic) bond motifs is 1. The Morgan fingerprint density at radius 2 is 1.93 bits per heavy atom. The fourth-order valence-corrected chi connectivity index (χ4v) is 3.57. The van der Waals surface area contributed by atoms with E-state index in [2.05, 4.69) is 15.0 Å². The van der Waals surface area contributed by atoms with Crippen LogP contribution in [0.25, 0.3) is 17.0 Å². The molecule has 0 aliphatic carbocycles. The van der Waals surface area contributed by atoms with E-state index in [9.17, 15) is 21.6 Å². The van der Waals surface area contributed by atoms with Crippen molar-refractivity contribution < 1.29 is 26.3 Å². The van der Waals surface area contributed by atoms with Gasteiger partial charge in [0.05, 0.1) is 23.5 Å². The molecule has 0 fully saturated rings. The largest absolute Gasteiger partial charge is 0.492 e. The minimum atomic E-state index is -4.61. The molecule has 0 saturated carbocycles. The molecule has 0 atom stereocenters. The van der Waals surface area contributed by atoms with Crippen molar-refractivity contribution in [2.45, 2.75) is 31.8 Å². The molecule has 0 radical (unpaired) electrons. The number of hydrogen-bond donors (Lipinski definition) is 0. The quantitative estimate of drug-likeness (QED) is 0.596. The number of rotatable bonds is 6. The van der Waals surface area contributed by atoms with Crippen LogP contribution in [0.1, 0.15) is 26.5 Å². The lowest BCUT2D eigenvalue weighted by Crippen LogP contribution is -2.09. The maximum atomic E-state index is 12.9. The predicted octanol–water partition coefficient (Wildman–Crippen LogP) is 3.64. The number of nitrogens with zero attached hydrogens (tertiary/aromatic N) is 4. The van der Waals surface area contributed by atoms with Crippen molar-refractivity contribution in [1.29, 1.82) is 0 Å². The second-order valence-corrected chi connectivity index (χ2v) is 9.04. The summed E-state index contributed by atoms with van der Waals surface area (Å²) >= 11 is 0. The molecule has 0 amide bonds. The van der Waals surface area contributed by atoms with Crippen molar-refractivity contribution in [2.24, 2.45) is 5.92 Å². The van der Waals surface area contributed by atoms with Crippen molar-refractivity contribution in [1.82, 2.24) is 19.4 Å². The second kappa shape index (κ2) is 7.62. The molecule has 0 unspecified atom stereocenters. The van der Waals surface area contributed by atoms with Gasteiger partial charge in [-0.3, -0.25) is 4.40 Å². The van der Waals surface area contributed by atoms with Gasteiger partial charge in [0.15, 0.2) is 9.84 Å². The van der Waals surface area contributed by atoms with E-state index in [0.717, 1.165) is 12.4 Å². The molecule has 3 heterocycles. The summed E-state index contributed by atoms with van der Waals surface area (Å²) in [4.78, 5) is 11.6. The van der Waals surface area contributed by atoms with Crippen LogP contribution in [-0.4, -0.2) is 40.1 Å². The summed E-state index contributed by atoms with van der Waals surface area (Å²) in [6.45, 7) is 5.77. The van der Waals surface area contributed by atoms with Gasteiger partial charge < -0.3 is 4.74 Å². The van der Waals surface area contributed by atoms with Crippen molar-refractivity contribution in [2.75, 3.05) is 12.4 Å². The zero-order valence-corrected chi connectivity index (χ0v) is 16.8. The van der Waals surface area contributed by atoms with Gasteiger partial charge in [-0.1, -0.05) is 20.8 Å². The molecule has 0 saturated heterocycles. The van der Waals surface area contributed by atoms with E-state index in [4.69, 9.17) is 4.74 Å². The number of halogens is 3. The summed E-state index contributed by atoms with van der Waals surface area (Å²) in [5.74, 6) is 0.344. The standard InChI is InChI=1S/C18H19F3N4O3S/c1-4-29(26,27)14-5-12(28-9-11(2)3)7-22-17(14)13-8-25-10-23-15(18(19,20)21)6-16(25)24-13/h5-8,10-11H,4,9H2,1-3H3.